The average molecular weight is 347 g/mol. The van der Waals surface area contributed by atoms with Crippen molar-refractivity contribution in [3.05, 3.63) is 29.8 Å². The molecule has 25 heavy (non-hydrogen) atoms. The number of rotatable bonds is 8. The molecule has 1 aromatic rings. The van der Waals surface area contributed by atoms with Gasteiger partial charge in [0.05, 0.1) is 13.2 Å². The zero-order valence-corrected chi connectivity index (χ0v) is 16.1. The molecule has 0 radical (unpaired) electrons. The van der Waals surface area contributed by atoms with Crippen molar-refractivity contribution < 1.29 is 4.74 Å². The fourth-order valence-electron chi connectivity index (χ4n) is 3.28. The Morgan fingerprint density at radius 1 is 1.24 bits per heavy atom. The number of benzene rings is 1. The van der Waals surface area contributed by atoms with E-state index in [1.165, 1.54) is 25.9 Å². The summed E-state index contributed by atoms with van der Waals surface area (Å²) in [6.45, 7) is 13.1. The highest BCUT2D eigenvalue weighted by atomic mass is 16.5. The van der Waals surface area contributed by atoms with Crippen LogP contribution in [0.5, 0.6) is 5.75 Å². The highest BCUT2D eigenvalue weighted by Gasteiger charge is 2.18. The summed E-state index contributed by atoms with van der Waals surface area (Å²) in [7, 11) is 0. The van der Waals surface area contributed by atoms with Gasteiger partial charge in [0.25, 0.3) is 0 Å². The lowest BCUT2D eigenvalue weighted by Crippen LogP contribution is -2.44. The normalized spacial score (nSPS) is 18.8. The SMILES string of the molecule is CCNC(=NCc1ccccc1OCC)NCC1CCCN(CC)C1. The number of piperidine rings is 1. The van der Waals surface area contributed by atoms with Crippen molar-refractivity contribution >= 4 is 5.96 Å². The number of para-hydroxylation sites is 1. The number of likely N-dealkylation sites (tertiary alicyclic amines) is 1. The maximum absolute atomic E-state index is 5.69. The van der Waals surface area contributed by atoms with Crippen LogP contribution in [0.15, 0.2) is 29.3 Å². The third-order valence-corrected chi connectivity index (χ3v) is 4.63. The third-order valence-electron chi connectivity index (χ3n) is 4.63. The molecule has 5 heteroatoms. The van der Waals surface area contributed by atoms with Gasteiger partial charge in [-0.3, -0.25) is 0 Å². The molecule has 0 amide bonds. The molecule has 1 heterocycles. The van der Waals surface area contributed by atoms with Crippen molar-refractivity contribution in [2.45, 2.75) is 40.2 Å². The highest BCUT2D eigenvalue weighted by molar-refractivity contribution is 5.79. The smallest absolute Gasteiger partial charge is 0.191 e. The van der Waals surface area contributed by atoms with Crippen LogP contribution >= 0.6 is 0 Å². The fraction of sp³-hybridized carbons (Fsp3) is 0.650. The molecule has 5 nitrogen and oxygen atoms in total. The predicted octanol–water partition coefficient (Wildman–Crippen LogP) is 2.87. The second-order valence-electron chi connectivity index (χ2n) is 6.52. The summed E-state index contributed by atoms with van der Waals surface area (Å²) in [4.78, 5) is 7.29. The number of nitrogens with one attached hydrogen (secondary N) is 2. The van der Waals surface area contributed by atoms with Gasteiger partial charge in [0.2, 0.25) is 0 Å². The molecule has 0 bridgehead atoms. The fourth-order valence-corrected chi connectivity index (χ4v) is 3.28. The molecule has 1 atom stereocenters. The van der Waals surface area contributed by atoms with Crippen molar-refractivity contribution in [1.29, 1.82) is 0 Å². The van der Waals surface area contributed by atoms with Crippen LogP contribution in [0.2, 0.25) is 0 Å². The van der Waals surface area contributed by atoms with Crippen LogP contribution < -0.4 is 15.4 Å². The largest absolute Gasteiger partial charge is 0.494 e. The zero-order valence-electron chi connectivity index (χ0n) is 16.1. The molecule has 140 valence electrons. The molecule has 1 aliphatic heterocycles. The van der Waals surface area contributed by atoms with Gasteiger partial charge in [0.15, 0.2) is 5.96 Å². The van der Waals surface area contributed by atoms with Crippen LogP contribution in [-0.4, -0.2) is 50.2 Å². The lowest BCUT2D eigenvalue weighted by atomic mass is 9.98. The molecule has 0 aromatic heterocycles. The standard InChI is InChI=1S/C20H34N4O/c1-4-21-20(22-14-17-10-9-13-24(5-2)16-17)23-15-18-11-7-8-12-19(18)25-6-3/h7-8,11-12,17H,4-6,9-10,13-16H2,1-3H3,(H2,21,22,23). The van der Waals surface area contributed by atoms with Crippen molar-refractivity contribution in [2.75, 3.05) is 39.3 Å². The maximum atomic E-state index is 5.69. The van der Waals surface area contributed by atoms with E-state index >= 15 is 0 Å². The second kappa shape index (κ2) is 11.0. The van der Waals surface area contributed by atoms with Crippen LogP contribution in [0.4, 0.5) is 0 Å². The Balaban J connectivity index is 1.92. The van der Waals surface area contributed by atoms with Gasteiger partial charge in [-0.05, 0) is 51.8 Å². The average Bonchev–Trinajstić information content (AvgIpc) is 2.65. The van der Waals surface area contributed by atoms with Gasteiger partial charge in [0.1, 0.15) is 5.75 Å². The van der Waals surface area contributed by atoms with Crippen molar-refractivity contribution in [2.24, 2.45) is 10.9 Å². The summed E-state index contributed by atoms with van der Waals surface area (Å²) in [5.41, 5.74) is 1.12. The zero-order chi connectivity index (χ0) is 17.9. The maximum Gasteiger partial charge on any atom is 0.191 e. The molecular formula is C20H34N4O. The van der Waals surface area contributed by atoms with Gasteiger partial charge in [-0.2, -0.15) is 0 Å². The molecule has 0 spiro atoms. The van der Waals surface area contributed by atoms with Gasteiger partial charge in [-0.15, -0.1) is 0 Å². The van der Waals surface area contributed by atoms with E-state index in [1.54, 1.807) is 0 Å². The lowest BCUT2D eigenvalue weighted by Gasteiger charge is -2.32. The van der Waals surface area contributed by atoms with E-state index in [0.29, 0.717) is 19.1 Å². The minimum atomic E-state index is 0.622. The molecule has 2 N–H and O–H groups in total. The molecule has 1 unspecified atom stereocenters. The van der Waals surface area contributed by atoms with E-state index in [1.807, 2.05) is 25.1 Å². The number of guanidine groups is 1. The number of aliphatic imine (C=N–C) groups is 1. The second-order valence-corrected chi connectivity index (χ2v) is 6.52. The van der Waals surface area contributed by atoms with E-state index in [9.17, 15) is 0 Å². The first-order chi connectivity index (χ1) is 12.3. The Morgan fingerprint density at radius 2 is 2.08 bits per heavy atom. The highest BCUT2D eigenvalue weighted by Crippen LogP contribution is 2.19. The Hall–Kier alpha value is -1.75. The number of ether oxygens (including phenoxy) is 1. The molecule has 1 fully saturated rings. The van der Waals surface area contributed by atoms with Crippen LogP contribution in [0.1, 0.15) is 39.2 Å². The molecular weight excluding hydrogens is 312 g/mol. The van der Waals surface area contributed by atoms with Gasteiger partial charge < -0.3 is 20.3 Å². The quantitative estimate of drug-likeness (QED) is 0.561. The predicted molar refractivity (Wildman–Crippen MR) is 105 cm³/mol. The molecule has 1 aromatic carbocycles. The number of nitrogens with zero attached hydrogens (tertiary/aromatic N) is 2. The van der Waals surface area contributed by atoms with Gasteiger partial charge in [-0.1, -0.05) is 25.1 Å². The van der Waals surface area contributed by atoms with Crippen molar-refractivity contribution in [1.82, 2.24) is 15.5 Å². The van der Waals surface area contributed by atoms with E-state index in [0.717, 1.165) is 36.9 Å². The van der Waals surface area contributed by atoms with Crippen molar-refractivity contribution in [3.63, 3.8) is 0 Å². The Bertz CT molecular complexity index is 532. The number of hydrogen-bond donors (Lipinski definition) is 2. The monoisotopic (exact) mass is 346 g/mol. The van der Waals surface area contributed by atoms with E-state index in [4.69, 9.17) is 9.73 Å². The minimum absolute atomic E-state index is 0.622. The molecule has 0 aliphatic carbocycles. The molecule has 1 saturated heterocycles. The summed E-state index contributed by atoms with van der Waals surface area (Å²) >= 11 is 0. The van der Waals surface area contributed by atoms with Crippen LogP contribution in [-0.2, 0) is 6.54 Å². The molecule has 1 aliphatic rings. The summed E-state index contributed by atoms with van der Waals surface area (Å²) in [6.07, 6.45) is 2.60. The number of hydrogen-bond acceptors (Lipinski definition) is 3. The van der Waals surface area contributed by atoms with E-state index in [-0.39, 0.29) is 0 Å². The Labute approximate surface area is 152 Å². The lowest BCUT2D eigenvalue weighted by molar-refractivity contribution is 0.183. The summed E-state index contributed by atoms with van der Waals surface area (Å²) in [5, 5.41) is 6.88. The van der Waals surface area contributed by atoms with E-state index in [2.05, 4.69) is 35.4 Å². The minimum Gasteiger partial charge on any atom is -0.494 e. The third kappa shape index (κ3) is 6.58. The Kier molecular flexibility index (Phi) is 8.60. The van der Waals surface area contributed by atoms with Crippen LogP contribution in [0.3, 0.4) is 0 Å². The van der Waals surface area contributed by atoms with Gasteiger partial charge >= 0.3 is 0 Å². The summed E-state index contributed by atoms with van der Waals surface area (Å²) in [6, 6.07) is 8.13. The van der Waals surface area contributed by atoms with Gasteiger partial charge in [0, 0.05) is 25.2 Å². The summed E-state index contributed by atoms with van der Waals surface area (Å²) in [5.74, 6) is 2.52. The topological polar surface area (TPSA) is 48.9 Å². The molecule has 2 rings (SSSR count). The van der Waals surface area contributed by atoms with Crippen LogP contribution in [0, 0.1) is 5.92 Å². The summed E-state index contributed by atoms with van der Waals surface area (Å²) < 4.78 is 5.69. The first-order valence-corrected chi connectivity index (χ1v) is 9.72. The first-order valence-electron chi connectivity index (χ1n) is 9.72. The van der Waals surface area contributed by atoms with Crippen LogP contribution in [0.25, 0.3) is 0 Å². The molecule has 0 saturated carbocycles. The van der Waals surface area contributed by atoms with E-state index < -0.39 is 0 Å². The van der Waals surface area contributed by atoms with Gasteiger partial charge in [-0.25, -0.2) is 4.99 Å². The Morgan fingerprint density at radius 3 is 2.84 bits per heavy atom. The first kappa shape index (κ1) is 19.6. The van der Waals surface area contributed by atoms with Crippen molar-refractivity contribution in [3.8, 4) is 5.75 Å².